The highest BCUT2D eigenvalue weighted by Crippen LogP contribution is 2.38. The minimum absolute atomic E-state index is 0.0895. The van der Waals surface area contributed by atoms with Gasteiger partial charge in [0.25, 0.3) is 0 Å². The van der Waals surface area contributed by atoms with Crippen molar-refractivity contribution in [3.8, 4) is 6.07 Å². The summed E-state index contributed by atoms with van der Waals surface area (Å²) in [5, 5.41) is 9.75. The molecule has 6 nitrogen and oxygen atoms in total. The highest BCUT2D eigenvalue weighted by Gasteiger charge is 2.41. The third-order valence-electron chi connectivity index (χ3n) is 6.07. The number of nitrogens with zero attached hydrogens (tertiary/aromatic N) is 3. The molecule has 0 radical (unpaired) electrons. The number of ether oxygens (including phenoxy) is 1. The first-order valence-electron chi connectivity index (χ1n) is 9.50. The number of rotatable bonds is 2. The predicted molar refractivity (Wildman–Crippen MR) is 104 cm³/mol. The van der Waals surface area contributed by atoms with Gasteiger partial charge < -0.3 is 9.72 Å². The topological polar surface area (TPSA) is 74.0 Å². The van der Waals surface area contributed by atoms with Crippen LogP contribution in [0.5, 0.6) is 0 Å². The lowest BCUT2D eigenvalue weighted by molar-refractivity contribution is -0.138. The van der Waals surface area contributed by atoms with E-state index in [1.165, 1.54) is 6.07 Å². The van der Waals surface area contributed by atoms with Crippen molar-refractivity contribution in [1.82, 2.24) is 14.5 Å². The van der Waals surface area contributed by atoms with E-state index in [2.05, 4.69) is 31.9 Å². The van der Waals surface area contributed by atoms with Crippen LogP contribution in [0.2, 0.25) is 0 Å². The quantitative estimate of drug-likeness (QED) is 0.720. The Morgan fingerprint density at radius 3 is 2.48 bits per heavy atom. The number of imidazole rings is 1. The predicted octanol–water partition coefficient (Wildman–Crippen LogP) is 3.82. The Morgan fingerprint density at radius 2 is 1.90 bits per heavy atom. The molecule has 2 saturated heterocycles. The molecule has 0 bridgehead atoms. The molecule has 2 aromatic rings. The normalized spacial score (nSPS) is 21.3. The number of H-pyrrole nitrogens is 1. The standard InChI is InChI=1S/C19H20BrF3N4O2/c20-14-10-16-15(9-13(14)19(21,22)23)25-17(28)27(16)12-1-5-26(6-2-12)18(11-24)3-7-29-8-4-18/h9-10,12H,1-8H2,(H,25,28). The Labute approximate surface area is 173 Å². The van der Waals surface area contributed by atoms with Crippen molar-refractivity contribution in [3.05, 3.63) is 32.7 Å². The molecular weight excluding hydrogens is 453 g/mol. The van der Waals surface area contributed by atoms with E-state index in [1.807, 2.05) is 0 Å². The van der Waals surface area contributed by atoms with Gasteiger partial charge in [0.2, 0.25) is 0 Å². The van der Waals surface area contributed by atoms with Crippen molar-refractivity contribution >= 4 is 27.0 Å². The molecule has 2 aliphatic rings. The van der Waals surface area contributed by atoms with Crippen molar-refractivity contribution in [2.24, 2.45) is 0 Å². The van der Waals surface area contributed by atoms with E-state index >= 15 is 0 Å². The molecule has 0 spiro atoms. The van der Waals surface area contributed by atoms with Crippen LogP contribution in [0, 0.1) is 11.3 Å². The number of aromatic amines is 1. The summed E-state index contributed by atoms with van der Waals surface area (Å²) in [5.41, 5.74) is -1.13. The molecule has 0 saturated carbocycles. The molecule has 0 aliphatic carbocycles. The summed E-state index contributed by atoms with van der Waals surface area (Å²) >= 11 is 2.99. The summed E-state index contributed by atoms with van der Waals surface area (Å²) in [7, 11) is 0. The van der Waals surface area contributed by atoms with E-state index in [-0.39, 0.29) is 16.0 Å². The zero-order valence-corrected chi connectivity index (χ0v) is 17.1. The van der Waals surface area contributed by atoms with Crippen LogP contribution in [0.1, 0.15) is 37.3 Å². The monoisotopic (exact) mass is 472 g/mol. The smallest absolute Gasteiger partial charge is 0.381 e. The Balaban J connectivity index is 1.60. The van der Waals surface area contributed by atoms with E-state index in [9.17, 15) is 23.2 Å². The molecule has 156 valence electrons. The molecule has 29 heavy (non-hydrogen) atoms. The molecule has 1 N–H and O–H groups in total. The zero-order chi connectivity index (χ0) is 20.8. The first-order chi connectivity index (χ1) is 13.7. The van der Waals surface area contributed by atoms with Crippen LogP contribution >= 0.6 is 15.9 Å². The number of nitriles is 1. The largest absolute Gasteiger partial charge is 0.417 e. The van der Waals surface area contributed by atoms with E-state index in [0.29, 0.717) is 57.5 Å². The second-order valence-corrected chi connectivity index (χ2v) is 8.48. The van der Waals surface area contributed by atoms with Gasteiger partial charge in [0.05, 0.1) is 22.7 Å². The summed E-state index contributed by atoms with van der Waals surface area (Å²) < 4.78 is 46.3. The van der Waals surface area contributed by atoms with E-state index in [0.717, 1.165) is 6.07 Å². The molecular formula is C19H20BrF3N4O2. The van der Waals surface area contributed by atoms with Gasteiger partial charge >= 0.3 is 11.9 Å². The second kappa shape index (κ2) is 7.45. The SMILES string of the molecule is N#CC1(N2CCC(n3c(=O)[nH]c4cc(C(F)(F)F)c(Br)cc43)CC2)CCOCC1. The number of alkyl halides is 3. The van der Waals surface area contributed by atoms with Gasteiger partial charge in [0.1, 0.15) is 5.54 Å². The molecule has 0 amide bonds. The summed E-state index contributed by atoms with van der Waals surface area (Å²) in [6.07, 6.45) is -1.89. The van der Waals surface area contributed by atoms with E-state index in [4.69, 9.17) is 4.74 Å². The zero-order valence-electron chi connectivity index (χ0n) is 15.6. The van der Waals surface area contributed by atoms with Crippen LogP contribution in [-0.4, -0.2) is 46.3 Å². The number of halogens is 4. The van der Waals surface area contributed by atoms with Gasteiger partial charge in [0.15, 0.2) is 0 Å². The van der Waals surface area contributed by atoms with Crippen molar-refractivity contribution < 1.29 is 17.9 Å². The van der Waals surface area contributed by atoms with Crippen molar-refractivity contribution in [3.63, 3.8) is 0 Å². The minimum atomic E-state index is -4.51. The highest BCUT2D eigenvalue weighted by atomic mass is 79.9. The number of hydrogen-bond acceptors (Lipinski definition) is 4. The molecule has 2 fully saturated rings. The number of piperidine rings is 1. The molecule has 2 aliphatic heterocycles. The number of nitrogens with one attached hydrogen (secondary N) is 1. The summed E-state index contributed by atoms with van der Waals surface area (Å²) in [4.78, 5) is 17.3. The van der Waals surface area contributed by atoms with Crippen molar-refractivity contribution in [2.45, 2.75) is 43.4 Å². The minimum Gasteiger partial charge on any atom is -0.381 e. The van der Waals surface area contributed by atoms with E-state index < -0.39 is 23.0 Å². The van der Waals surface area contributed by atoms with Crippen molar-refractivity contribution in [2.75, 3.05) is 26.3 Å². The number of hydrogen-bond donors (Lipinski definition) is 1. The summed E-state index contributed by atoms with van der Waals surface area (Å²) in [5.74, 6) is 0. The summed E-state index contributed by atoms with van der Waals surface area (Å²) in [6.45, 7) is 2.42. The lowest BCUT2D eigenvalue weighted by Gasteiger charge is -2.44. The van der Waals surface area contributed by atoms with E-state index in [1.54, 1.807) is 4.57 Å². The van der Waals surface area contributed by atoms with Gasteiger partial charge in [-0.2, -0.15) is 18.4 Å². The van der Waals surface area contributed by atoms with Gasteiger partial charge in [-0.05, 0) is 25.0 Å². The average molecular weight is 473 g/mol. The summed E-state index contributed by atoms with van der Waals surface area (Å²) in [6, 6.07) is 4.66. The fraction of sp³-hybridized carbons (Fsp3) is 0.579. The Hall–Kier alpha value is -1.83. The first kappa shape index (κ1) is 20.4. The molecule has 0 unspecified atom stereocenters. The van der Waals surface area contributed by atoms with Crippen LogP contribution in [0.15, 0.2) is 21.4 Å². The highest BCUT2D eigenvalue weighted by molar-refractivity contribution is 9.10. The number of fused-ring (bicyclic) bond motifs is 1. The van der Waals surface area contributed by atoms with Crippen molar-refractivity contribution in [1.29, 1.82) is 5.26 Å². The first-order valence-corrected chi connectivity index (χ1v) is 10.3. The van der Waals surface area contributed by atoms with Gasteiger partial charge in [-0.3, -0.25) is 9.47 Å². The molecule has 1 aromatic carbocycles. The molecule has 10 heteroatoms. The van der Waals surface area contributed by atoms with Crippen LogP contribution < -0.4 is 5.69 Å². The maximum atomic E-state index is 13.2. The van der Waals surface area contributed by atoms with Crippen LogP contribution in [0.3, 0.4) is 0 Å². The molecule has 0 atom stereocenters. The lowest BCUT2D eigenvalue weighted by atomic mass is 9.87. The fourth-order valence-corrected chi connectivity index (χ4v) is 5.04. The Kier molecular flexibility index (Phi) is 5.25. The third kappa shape index (κ3) is 3.60. The van der Waals surface area contributed by atoms with Crippen LogP contribution in [-0.2, 0) is 10.9 Å². The lowest BCUT2D eigenvalue weighted by Crippen LogP contribution is -2.54. The molecule has 1 aromatic heterocycles. The third-order valence-corrected chi connectivity index (χ3v) is 6.73. The maximum Gasteiger partial charge on any atom is 0.417 e. The maximum absolute atomic E-state index is 13.2. The Morgan fingerprint density at radius 1 is 1.24 bits per heavy atom. The number of likely N-dealkylation sites (tertiary alicyclic amines) is 1. The van der Waals surface area contributed by atoms with Crippen LogP contribution in [0.4, 0.5) is 13.2 Å². The number of aromatic nitrogens is 2. The van der Waals surface area contributed by atoms with Gasteiger partial charge in [-0.1, -0.05) is 15.9 Å². The second-order valence-electron chi connectivity index (χ2n) is 7.62. The van der Waals surface area contributed by atoms with Gasteiger partial charge in [0, 0.05) is 49.7 Å². The molecule has 3 heterocycles. The Bertz CT molecular complexity index is 1010. The fourth-order valence-electron chi connectivity index (χ4n) is 4.49. The van der Waals surface area contributed by atoms with Crippen LogP contribution in [0.25, 0.3) is 11.0 Å². The number of benzene rings is 1. The average Bonchev–Trinajstić information content (AvgIpc) is 3.02. The van der Waals surface area contributed by atoms with Gasteiger partial charge in [-0.15, -0.1) is 0 Å². The molecule has 4 rings (SSSR count). The van der Waals surface area contributed by atoms with Gasteiger partial charge in [-0.25, -0.2) is 4.79 Å².